The lowest BCUT2D eigenvalue weighted by atomic mass is 9.97. The van der Waals surface area contributed by atoms with Crippen LogP contribution in [0.2, 0.25) is 0 Å². The first-order chi connectivity index (χ1) is 12.5. The summed E-state index contributed by atoms with van der Waals surface area (Å²) < 4.78 is 11.4. The number of ether oxygens (including phenoxy) is 2. The molecule has 0 atom stereocenters. The van der Waals surface area contributed by atoms with Crippen molar-refractivity contribution in [2.75, 3.05) is 13.2 Å². The molecule has 1 N–H and O–H groups in total. The summed E-state index contributed by atoms with van der Waals surface area (Å²) in [5.41, 5.74) is 2.36. The minimum atomic E-state index is -0.418. The van der Waals surface area contributed by atoms with Crippen molar-refractivity contribution in [2.24, 2.45) is 0 Å². The summed E-state index contributed by atoms with van der Waals surface area (Å²) in [7, 11) is 0. The Balaban J connectivity index is 2.75. The summed E-state index contributed by atoms with van der Waals surface area (Å²) in [6.45, 7) is 7.95. The molecule has 0 saturated heterocycles. The minimum absolute atomic E-state index is 0.0555. The zero-order valence-electron chi connectivity index (χ0n) is 14.9. The average Bonchev–Trinajstić information content (AvgIpc) is 2.60. The van der Waals surface area contributed by atoms with Crippen LogP contribution in [0.25, 0.3) is 11.1 Å². The number of aromatic amines is 1. The highest BCUT2D eigenvalue weighted by Crippen LogP contribution is 2.38. The quantitative estimate of drug-likeness (QED) is 0.615. The summed E-state index contributed by atoms with van der Waals surface area (Å²) in [5.74, 6) is 3.50. The number of aromatic nitrogens is 1. The van der Waals surface area contributed by atoms with E-state index in [2.05, 4.69) is 17.5 Å². The lowest BCUT2D eigenvalue weighted by molar-refractivity contribution is 0.297. The number of pyridine rings is 1. The van der Waals surface area contributed by atoms with Gasteiger partial charge in [-0.05, 0) is 44.0 Å². The summed E-state index contributed by atoms with van der Waals surface area (Å²) in [6.07, 6.45) is 7.57. The molecular weight excluding hydrogens is 328 g/mol. The molecule has 0 aliphatic carbocycles. The Kier molecular flexibility index (Phi) is 6.25. The van der Waals surface area contributed by atoms with E-state index in [1.807, 2.05) is 19.1 Å². The maximum absolute atomic E-state index is 12.1. The average molecular weight is 348 g/mol. The zero-order valence-corrected chi connectivity index (χ0v) is 14.9. The van der Waals surface area contributed by atoms with Crippen LogP contribution in [0, 0.1) is 30.6 Å². The van der Waals surface area contributed by atoms with Crippen LogP contribution in [-0.2, 0) is 6.42 Å². The molecule has 0 radical (unpaired) electrons. The van der Waals surface area contributed by atoms with Gasteiger partial charge in [-0.1, -0.05) is 12.0 Å². The summed E-state index contributed by atoms with van der Waals surface area (Å²) in [6, 6.07) is 7.37. The van der Waals surface area contributed by atoms with Crippen molar-refractivity contribution < 1.29 is 9.47 Å². The van der Waals surface area contributed by atoms with Crippen LogP contribution in [0.3, 0.4) is 0 Å². The number of aryl methyl sites for hydroxylation is 1. The van der Waals surface area contributed by atoms with Crippen molar-refractivity contribution >= 4 is 0 Å². The highest BCUT2D eigenvalue weighted by atomic mass is 16.5. The van der Waals surface area contributed by atoms with Gasteiger partial charge in [0.2, 0.25) is 0 Å². The molecule has 0 aliphatic heterocycles. The van der Waals surface area contributed by atoms with Crippen LogP contribution in [0.1, 0.15) is 23.7 Å². The molecule has 0 fully saturated rings. The van der Waals surface area contributed by atoms with Gasteiger partial charge in [0.15, 0.2) is 11.5 Å². The molecule has 5 nitrogen and oxygen atoms in total. The fourth-order valence-electron chi connectivity index (χ4n) is 2.69. The third-order valence-electron chi connectivity index (χ3n) is 3.69. The number of hydrogen-bond donors (Lipinski definition) is 1. The smallest absolute Gasteiger partial charge is 0.266 e. The van der Waals surface area contributed by atoms with Crippen molar-refractivity contribution in [1.29, 1.82) is 5.26 Å². The maximum atomic E-state index is 12.1. The number of rotatable bonds is 7. The molecule has 0 amide bonds. The largest absolute Gasteiger partial charge is 0.490 e. The van der Waals surface area contributed by atoms with Gasteiger partial charge < -0.3 is 14.5 Å². The molecule has 1 aromatic carbocycles. The van der Waals surface area contributed by atoms with Crippen molar-refractivity contribution in [1.82, 2.24) is 4.98 Å². The molecule has 1 heterocycles. The monoisotopic (exact) mass is 348 g/mol. The fourth-order valence-corrected chi connectivity index (χ4v) is 2.69. The van der Waals surface area contributed by atoms with Crippen LogP contribution < -0.4 is 15.0 Å². The van der Waals surface area contributed by atoms with E-state index in [0.717, 1.165) is 5.56 Å². The van der Waals surface area contributed by atoms with Gasteiger partial charge in [0.1, 0.15) is 18.2 Å². The molecule has 0 aliphatic rings. The second-order valence-electron chi connectivity index (χ2n) is 5.56. The lowest BCUT2D eigenvalue weighted by Crippen LogP contribution is -2.13. The van der Waals surface area contributed by atoms with E-state index in [1.54, 1.807) is 25.1 Å². The van der Waals surface area contributed by atoms with E-state index in [-0.39, 0.29) is 12.2 Å². The first kappa shape index (κ1) is 18.9. The van der Waals surface area contributed by atoms with E-state index in [0.29, 0.717) is 41.3 Å². The number of H-pyrrole nitrogens is 1. The SMILES string of the molecule is C#CCOc1c(CC=C)cc(-c2cc(C)[nH]c(=O)c2C#N)cc1OCC. The van der Waals surface area contributed by atoms with Gasteiger partial charge in [-0.3, -0.25) is 4.79 Å². The van der Waals surface area contributed by atoms with Crippen LogP contribution in [0.5, 0.6) is 11.5 Å². The van der Waals surface area contributed by atoms with Crippen LogP contribution >= 0.6 is 0 Å². The van der Waals surface area contributed by atoms with Crippen molar-refractivity contribution in [3.8, 4) is 41.0 Å². The van der Waals surface area contributed by atoms with E-state index in [4.69, 9.17) is 15.9 Å². The molecule has 0 bridgehead atoms. The van der Waals surface area contributed by atoms with Gasteiger partial charge in [-0.15, -0.1) is 13.0 Å². The first-order valence-electron chi connectivity index (χ1n) is 8.16. The van der Waals surface area contributed by atoms with E-state index in [1.165, 1.54) is 0 Å². The summed E-state index contributed by atoms with van der Waals surface area (Å²) >= 11 is 0. The molecule has 0 spiro atoms. The Bertz CT molecular complexity index is 959. The predicted octanol–water partition coefficient (Wildman–Crippen LogP) is 3.36. The van der Waals surface area contributed by atoms with Crippen molar-refractivity contribution in [3.63, 3.8) is 0 Å². The van der Waals surface area contributed by atoms with Gasteiger partial charge in [-0.2, -0.15) is 5.26 Å². The lowest BCUT2D eigenvalue weighted by Gasteiger charge is -2.17. The Morgan fingerprint density at radius 2 is 2.12 bits per heavy atom. The molecule has 26 heavy (non-hydrogen) atoms. The normalized spacial score (nSPS) is 9.85. The number of allylic oxidation sites excluding steroid dienone is 1. The van der Waals surface area contributed by atoms with Gasteiger partial charge in [0, 0.05) is 16.8 Å². The maximum Gasteiger partial charge on any atom is 0.266 e. The van der Waals surface area contributed by atoms with Gasteiger partial charge in [-0.25, -0.2) is 0 Å². The van der Waals surface area contributed by atoms with Crippen molar-refractivity contribution in [3.05, 3.63) is 58.0 Å². The number of nitrogens with zero attached hydrogens (tertiary/aromatic N) is 1. The molecule has 5 heteroatoms. The summed E-state index contributed by atoms with van der Waals surface area (Å²) in [5, 5.41) is 9.40. The van der Waals surface area contributed by atoms with E-state index in [9.17, 15) is 10.1 Å². The molecule has 132 valence electrons. The molecule has 2 aromatic rings. The second kappa shape index (κ2) is 8.60. The number of nitrogens with one attached hydrogen (secondary N) is 1. The number of benzene rings is 1. The Hall–Kier alpha value is -3.44. The fraction of sp³-hybridized carbons (Fsp3) is 0.238. The van der Waals surface area contributed by atoms with Crippen molar-refractivity contribution in [2.45, 2.75) is 20.3 Å². The molecule has 2 rings (SSSR count). The number of terminal acetylenes is 1. The van der Waals surface area contributed by atoms with E-state index < -0.39 is 5.56 Å². The Morgan fingerprint density at radius 3 is 2.73 bits per heavy atom. The third-order valence-corrected chi connectivity index (χ3v) is 3.69. The van der Waals surface area contributed by atoms with Crippen LogP contribution in [0.4, 0.5) is 0 Å². The Morgan fingerprint density at radius 1 is 1.35 bits per heavy atom. The van der Waals surface area contributed by atoms with Gasteiger partial charge in [0.25, 0.3) is 5.56 Å². The first-order valence-corrected chi connectivity index (χ1v) is 8.16. The number of nitriles is 1. The Labute approximate surface area is 152 Å². The highest BCUT2D eigenvalue weighted by molar-refractivity contribution is 5.74. The minimum Gasteiger partial charge on any atom is -0.490 e. The molecule has 1 aromatic heterocycles. The zero-order chi connectivity index (χ0) is 19.1. The molecule has 0 saturated carbocycles. The summed E-state index contributed by atoms with van der Waals surface area (Å²) in [4.78, 5) is 14.8. The molecule has 0 unspecified atom stereocenters. The topological polar surface area (TPSA) is 75.1 Å². The predicted molar refractivity (Wildman–Crippen MR) is 101 cm³/mol. The van der Waals surface area contributed by atoms with Gasteiger partial charge >= 0.3 is 0 Å². The second-order valence-corrected chi connectivity index (χ2v) is 5.56. The van der Waals surface area contributed by atoms with Crippen LogP contribution in [0.15, 0.2) is 35.6 Å². The standard InChI is InChI=1S/C21H20N2O3/c1-5-8-15-11-16(12-19(25-7-3)20(15)26-9-6-2)17-10-14(4)23-21(24)18(17)13-22/h2,5,10-12H,1,7-9H2,3-4H3,(H,23,24). The van der Waals surface area contributed by atoms with E-state index >= 15 is 0 Å². The highest BCUT2D eigenvalue weighted by Gasteiger charge is 2.17. The van der Waals surface area contributed by atoms with Crippen LogP contribution in [-0.4, -0.2) is 18.2 Å². The van der Waals surface area contributed by atoms with Gasteiger partial charge in [0.05, 0.1) is 6.61 Å². The molecular formula is C21H20N2O3. The third kappa shape index (κ3) is 3.96. The number of hydrogen-bond acceptors (Lipinski definition) is 4.